The van der Waals surface area contributed by atoms with E-state index < -0.39 is 0 Å². The molecular formula is C15H20BrN3O. The van der Waals surface area contributed by atoms with Crippen LogP contribution < -0.4 is 5.32 Å². The topological polar surface area (TPSA) is 50.1 Å². The monoisotopic (exact) mass is 337 g/mol. The first kappa shape index (κ1) is 15.2. The Morgan fingerprint density at radius 2 is 2.10 bits per heavy atom. The summed E-state index contributed by atoms with van der Waals surface area (Å²) in [6.45, 7) is 3.45. The second kappa shape index (κ2) is 7.57. The highest BCUT2D eigenvalue weighted by Crippen LogP contribution is 2.07. The Balaban J connectivity index is 1.71. The summed E-state index contributed by atoms with van der Waals surface area (Å²) in [5, 5.41) is 17.6. The van der Waals surface area contributed by atoms with E-state index in [1.807, 2.05) is 41.2 Å². The third-order valence-corrected chi connectivity index (χ3v) is 3.49. The standard InChI is InChI=1S/C15H20BrN3O/c1-12(10-19-11-14(16)8-18-19)17-9-15(20)7-13-5-3-2-4-6-13/h2-6,8,11-12,15,17,20H,7,9-10H2,1H3/t12-,15-/m0/s1. The van der Waals surface area contributed by atoms with Crippen molar-refractivity contribution in [1.82, 2.24) is 15.1 Å². The van der Waals surface area contributed by atoms with E-state index in [0.717, 1.165) is 16.6 Å². The van der Waals surface area contributed by atoms with Crippen LogP contribution in [0.4, 0.5) is 0 Å². The van der Waals surface area contributed by atoms with Gasteiger partial charge in [-0.2, -0.15) is 5.10 Å². The van der Waals surface area contributed by atoms with Gasteiger partial charge in [-0.25, -0.2) is 0 Å². The Labute approximate surface area is 127 Å². The lowest BCUT2D eigenvalue weighted by Gasteiger charge is -2.17. The van der Waals surface area contributed by atoms with Crippen molar-refractivity contribution in [3.8, 4) is 0 Å². The number of hydrogen-bond donors (Lipinski definition) is 2. The highest BCUT2D eigenvalue weighted by molar-refractivity contribution is 9.10. The zero-order chi connectivity index (χ0) is 14.4. The molecule has 20 heavy (non-hydrogen) atoms. The zero-order valence-electron chi connectivity index (χ0n) is 11.5. The Bertz CT molecular complexity index is 515. The van der Waals surface area contributed by atoms with E-state index in [-0.39, 0.29) is 12.1 Å². The molecule has 0 saturated carbocycles. The molecule has 1 heterocycles. The quantitative estimate of drug-likeness (QED) is 0.814. The van der Waals surface area contributed by atoms with E-state index >= 15 is 0 Å². The summed E-state index contributed by atoms with van der Waals surface area (Å²) < 4.78 is 2.86. The molecule has 108 valence electrons. The van der Waals surface area contributed by atoms with Crippen LogP contribution in [-0.4, -0.2) is 33.6 Å². The van der Waals surface area contributed by atoms with Crippen molar-refractivity contribution in [2.75, 3.05) is 6.54 Å². The first-order chi connectivity index (χ1) is 9.63. The van der Waals surface area contributed by atoms with E-state index in [1.54, 1.807) is 6.20 Å². The number of hydrogen-bond acceptors (Lipinski definition) is 3. The van der Waals surface area contributed by atoms with E-state index in [4.69, 9.17) is 0 Å². The summed E-state index contributed by atoms with van der Waals surface area (Å²) in [7, 11) is 0. The number of aliphatic hydroxyl groups is 1. The van der Waals surface area contributed by atoms with Crippen molar-refractivity contribution < 1.29 is 5.11 Å². The first-order valence-corrected chi connectivity index (χ1v) is 7.56. The van der Waals surface area contributed by atoms with Gasteiger partial charge in [-0.1, -0.05) is 30.3 Å². The fourth-order valence-corrected chi connectivity index (χ4v) is 2.41. The maximum atomic E-state index is 10.0. The van der Waals surface area contributed by atoms with Crippen LogP contribution in [-0.2, 0) is 13.0 Å². The summed E-state index contributed by atoms with van der Waals surface area (Å²) in [5.41, 5.74) is 1.16. The number of nitrogens with one attached hydrogen (secondary N) is 1. The van der Waals surface area contributed by atoms with Gasteiger partial charge in [0.1, 0.15) is 0 Å². The molecule has 0 saturated heterocycles. The minimum Gasteiger partial charge on any atom is -0.391 e. The first-order valence-electron chi connectivity index (χ1n) is 6.77. The van der Waals surface area contributed by atoms with Gasteiger partial charge in [0.15, 0.2) is 0 Å². The van der Waals surface area contributed by atoms with Crippen molar-refractivity contribution in [2.45, 2.75) is 32.0 Å². The molecule has 0 amide bonds. The lowest BCUT2D eigenvalue weighted by Crippen LogP contribution is -2.37. The summed E-state index contributed by atoms with van der Waals surface area (Å²) in [4.78, 5) is 0. The zero-order valence-corrected chi connectivity index (χ0v) is 13.1. The molecule has 0 spiro atoms. The van der Waals surface area contributed by atoms with Crippen LogP contribution in [0.3, 0.4) is 0 Å². The SMILES string of the molecule is C[C@@H](Cn1cc(Br)cn1)NC[C@@H](O)Cc1ccccc1. The molecule has 4 nitrogen and oxygen atoms in total. The molecule has 0 unspecified atom stereocenters. The molecule has 2 atom stereocenters. The van der Waals surface area contributed by atoms with Crippen molar-refractivity contribution >= 4 is 15.9 Å². The molecule has 2 rings (SSSR count). The third-order valence-electron chi connectivity index (χ3n) is 3.08. The van der Waals surface area contributed by atoms with Crippen LogP contribution in [0.25, 0.3) is 0 Å². The molecule has 0 aliphatic rings. The Morgan fingerprint density at radius 3 is 2.75 bits per heavy atom. The van der Waals surface area contributed by atoms with E-state index in [2.05, 4.69) is 33.3 Å². The number of rotatable bonds is 7. The van der Waals surface area contributed by atoms with Gasteiger partial charge in [-0.3, -0.25) is 4.68 Å². The van der Waals surface area contributed by atoms with E-state index in [9.17, 15) is 5.11 Å². The van der Waals surface area contributed by atoms with Gasteiger partial charge in [-0.15, -0.1) is 0 Å². The second-order valence-electron chi connectivity index (χ2n) is 5.03. The average molecular weight is 338 g/mol. The molecule has 1 aromatic carbocycles. The van der Waals surface area contributed by atoms with Gasteiger partial charge in [0.2, 0.25) is 0 Å². The van der Waals surface area contributed by atoms with E-state index in [1.165, 1.54) is 0 Å². The predicted octanol–water partition coefficient (Wildman–Crippen LogP) is 2.23. The van der Waals surface area contributed by atoms with E-state index in [0.29, 0.717) is 13.0 Å². The molecule has 5 heteroatoms. The van der Waals surface area contributed by atoms with Crippen molar-refractivity contribution in [3.63, 3.8) is 0 Å². The maximum Gasteiger partial charge on any atom is 0.0704 e. The third kappa shape index (κ3) is 5.07. The lowest BCUT2D eigenvalue weighted by atomic mass is 10.1. The Hall–Kier alpha value is -1.17. The smallest absolute Gasteiger partial charge is 0.0704 e. The minimum atomic E-state index is -0.371. The van der Waals surface area contributed by atoms with Crippen LogP contribution in [0.15, 0.2) is 47.2 Å². The van der Waals surface area contributed by atoms with Gasteiger partial charge < -0.3 is 10.4 Å². The number of aliphatic hydroxyl groups excluding tert-OH is 1. The van der Waals surface area contributed by atoms with Crippen LogP contribution in [0.1, 0.15) is 12.5 Å². The molecule has 0 radical (unpaired) electrons. The fourth-order valence-electron chi connectivity index (χ4n) is 2.08. The Kier molecular flexibility index (Phi) is 5.76. The highest BCUT2D eigenvalue weighted by atomic mass is 79.9. The van der Waals surface area contributed by atoms with Crippen LogP contribution in [0.2, 0.25) is 0 Å². The van der Waals surface area contributed by atoms with Crippen molar-refractivity contribution in [3.05, 3.63) is 52.8 Å². The molecule has 1 aromatic heterocycles. The lowest BCUT2D eigenvalue weighted by molar-refractivity contribution is 0.166. The Morgan fingerprint density at radius 1 is 1.35 bits per heavy atom. The van der Waals surface area contributed by atoms with Gasteiger partial charge in [0, 0.05) is 18.8 Å². The van der Waals surface area contributed by atoms with Gasteiger partial charge in [0.05, 0.1) is 23.3 Å². The minimum absolute atomic E-state index is 0.257. The van der Waals surface area contributed by atoms with Crippen LogP contribution >= 0.6 is 15.9 Å². The average Bonchev–Trinajstić information content (AvgIpc) is 2.83. The largest absolute Gasteiger partial charge is 0.391 e. The normalized spacial score (nSPS) is 14.2. The number of nitrogens with zero attached hydrogens (tertiary/aromatic N) is 2. The molecule has 2 aromatic rings. The number of benzene rings is 1. The molecule has 0 bridgehead atoms. The predicted molar refractivity (Wildman–Crippen MR) is 83.5 cm³/mol. The summed E-state index contributed by atoms with van der Waals surface area (Å²) in [5.74, 6) is 0. The van der Waals surface area contributed by atoms with Gasteiger partial charge >= 0.3 is 0 Å². The van der Waals surface area contributed by atoms with Crippen LogP contribution in [0.5, 0.6) is 0 Å². The highest BCUT2D eigenvalue weighted by Gasteiger charge is 2.09. The molecule has 0 aliphatic carbocycles. The van der Waals surface area contributed by atoms with Gasteiger partial charge in [-0.05, 0) is 34.8 Å². The number of aromatic nitrogens is 2. The number of halogens is 1. The summed E-state index contributed by atoms with van der Waals surface area (Å²) >= 11 is 3.38. The molecule has 0 aliphatic heterocycles. The summed E-state index contributed by atoms with van der Waals surface area (Å²) in [6, 6.07) is 10.3. The fraction of sp³-hybridized carbons (Fsp3) is 0.400. The second-order valence-corrected chi connectivity index (χ2v) is 5.95. The summed E-state index contributed by atoms with van der Waals surface area (Å²) in [6.07, 6.45) is 4.02. The molecular weight excluding hydrogens is 318 g/mol. The van der Waals surface area contributed by atoms with Crippen LogP contribution in [0, 0.1) is 0 Å². The maximum absolute atomic E-state index is 10.0. The van der Waals surface area contributed by atoms with Crippen molar-refractivity contribution in [1.29, 1.82) is 0 Å². The molecule has 2 N–H and O–H groups in total. The molecule has 0 fully saturated rings. The van der Waals surface area contributed by atoms with Crippen molar-refractivity contribution in [2.24, 2.45) is 0 Å². The van der Waals surface area contributed by atoms with Gasteiger partial charge in [0.25, 0.3) is 0 Å².